The summed E-state index contributed by atoms with van der Waals surface area (Å²) in [6.45, 7) is 4.29. The van der Waals surface area contributed by atoms with Gasteiger partial charge in [0, 0.05) is 11.4 Å². The van der Waals surface area contributed by atoms with Crippen LogP contribution in [0.2, 0.25) is 0 Å². The molecule has 0 spiro atoms. The molecule has 0 radical (unpaired) electrons. The molecule has 0 aliphatic carbocycles. The lowest BCUT2D eigenvalue weighted by molar-refractivity contribution is 0.890. The van der Waals surface area contributed by atoms with E-state index in [-0.39, 0.29) is 6.04 Å². The number of hydrogen-bond acceptors (Lipinski definition) is 3. The van der Waals surface area contributed by atoms with Crippen molar-refractivity contribution in [1.29, 1.82) is 0 Å². The minimum atomic E-state index is 0.282. The predicted octanol–water partition coefficient (Wildman–Crippen LogP) is 4.78. The third-order valence-electron chi connectivity index (χ3n) is 3.31. The topological polar surface area (TPSA) is 24.9 Å². The molecule has 19 heavy (non-hydrogen) atoms. The van der Waals surface area contributed by atoms with Crippen LogP contribution in [0.3, 0.4) is 0 Å². The maximum atomic E-state index is 4.46. The Balaban J connectivity index is 1.86. The van der Waals surface area contributed by atoms with Crippen LogP contribution in [-0.2, 0) is 0 Å². The Labute approximate surface area is 117 Å². The van der Waals surface area contributed by atoms with Gasteiger partial charge in [0.1, 0.15) is 5.00 Å². The normalized spacial score (nSPS) is 12.5. The number of nitrogens with one attached hydrogen (secondary N) is 1. The van der Waals surface area contributed by atoms with Crippen molar-refractivity contribution in [2.24, 2.45) is 0 Å². The van der Waals surface area contributed by atoms with Crippen molar-refractivity contribution in [3.05, 3.63) is 59.7 Å². The van der Waals surface area contributed by atoms with Crippen molar-refractivity contribution < 1.29 is 0 Å². The Morgan fingerprint density at radius 3 is 2.58 bits per heavy atom. The quantitative estimate of drug-likeness (QED) is 0.739. The molecule has 0 saturated carbocycles. The standard InChI is InChI=1S/C16H16N2S/c1-11-7-9-13(10-8-11)12(2)17-16-14-5-3-4-6-15(14)18-19-16/h3-10,12,17H,1-2H3. The second-order valence-corrected chi connectivity index (χ2v) is 5.58. The number of benzene rings is 2. The first-order chi connectivity index (χ1) is 9.24. The van der Waals surface area contributed by atoms with Gasteiger partial charge >= 0.3 is 0 Å². The Bertz CT molecular complexity index is 685. The summed E-state index contributed by atoms with van der Waals surface area (Å²) in [6.07, 6.45) is 0. The summed E-state index contributed by atoms with van der Waals surface area (Å²) < 4.78 is 4.46. The Morgan fingerprint density at radius 2 is 1.79 bits per heavy atom. The van der Waals surface area contributed by atoms with Gasteiger partial charge in [-0.25, -0.2) is 0 Å². The van der Waals surface area contributed by atoms with E-state index in [1.807, 2.05) is 12.1 Å². The van der Waals surface area contributed by atoms with Crippen molar-refractivity contribution >= 4 is 27.4 Å². The van der Waals surface area contributed by atoms with Gasteiger partial charge < -0.3 is 5.32 Å². The minimum Gasteiger partial charge on any atom is -0.369 e. The molecular formula is C16H16N2S. The van der Waals surface area contributed by atoms with Gasteiger partial charge in [-0.1, -0.05) is 42.0 Å². The van der Waals surface area contributed by atoms with Crippen molar-refractivity contribution in [2.45, 2.75) is 19.9 Å². The van der Waals surface area contributed by atoms with Gasteiger partial charge in [-0.3, -0.25) is 0 Å². The molecule has 1 atom stereocenters. The highest BCUT2D eigenvalue weighted by Gasteiger charge is 2.09. The van der Waals surface area contributed by atoms with Crippen LogP contribution in [0.25, 0.3) is 10.9 Å². The van der Waals surface area contributed by atoms with E-state index in [1.54, 1.807) is 0 Å². The van der Waals surface area contributed by atoms with Crippen LogP contribution in [0.1, 0.15) is 24.1 Å². The summed E-state index contributed by atoms with van der Waals surface area (Å²) in [5.41, 5.74) is 3.65. The third kappa shape index (κ3) is 2.47. The molecule has 3 heteroatoms. The second-order valence-electron chi connectivity index (χ2n) is 4.81. The van der Waals surface area contributed by atoms with Crippen LogP contribution in [0.15, 0.2) is 48.5 Å². The first-order valence-corrected chi connectivity index (χ1v) is 7.19. The average Bonchev–Trinajstić information content (AvgIpc) is 2.83. The SMILES string of the molecule is Cc1ccc(C(C)Nc2snc3ccccc23)cc1. The third-order valence-corrected chi connectivity index (χ3v) is 4.12. The Hall–Kier alpha value is -1.87. The van der Waals surface area contributed by atoms with Crippen LogP contribution >= 0.6 is 11.5 Å². The van der Waals surface area contributed by atoms with E-state index >= 15 is 0 Å². The lowest BCUT2D eigenvalue weighted by atomic mass is 10.1. The number of aryl methyl sites for hydroxylation is 1. The van der Waals surface area contributed by atoms with Crippen molar-refractivity contribution in [3.8, 4) is 0 Å². The van der Waals surface area contributed by atoms with Crippen LogP contribution in [-0.4, -0.2) is 4.37 Å². The highest BCUT2D eigenvalue weighted by molar-refractivity contribution is 7.11. The summed E-state index contributed by atoms with van der Waals surface area (Å²) in [7, 11) is 0. The molecule has 0 fully saturated rings. The van der Waals surface area contributed by atoms with Gasteiger partial charge in [0.15, 0.2) is 0 Å². The fraction of sp³-hybridized carbons (Fsp3) is 0.188. The predicted molar refractivity (Wildman–Crippen MR) is 82.8 cm³/mol. The van der Waals surface area contributed by atoms with Gasteiger partial charge in [-0.15, -0.1) is 0 Å². The molecule has 1 unspecified atom stereocenters. The van der Waals surface area contributed by atoms with E-state index in [2.05, 4.69) is 59.9 Å². The molecule has 2 aromatic carbocycles. The maximum Gasteiger partial charge on any atom is 0.117 e. The average molecular weight is 268 g/mol. The summed E-state index contributed by atoms with van der Waals surface area (Å²) >= 11 is 1.53. The molecule has 0 aliphatic rings. The molecule has 1 heterocycles. The van der Waals surface area contributed by atoms with E-state index in [0.29, 0.717) is 0 Å². The number of fused-ring (bicyclic) bond motifs is 1. The highest BCUT2D eigenvalue weighted by atomic mass is 32.1. The summed E-state index contributed by atoms with van der Waals surface area (Å²) in [5, 5.41) is 5.90. The van der Waals surface area contributed by atoms with Gasteiger partial charge in [0.25, 0.3) is 0 Å². The number of aromatic nitrogens is 1. The molecule has 1 N–H and O–H groups in total. The first-order valence-electron chi connectivity index (χ1n) is 6.41. The van der Waals surface area contributed by atoms with E-state index in [0.717, 1.165) is 10.5 Å². The fourth-order valence-electron chi connectivity index (χ4n) is 2.13. The van der Waals surface area contributed by atoms with E-state index in [4.69, 9.17) is 0 Å². The molecule has 3 rings (SSSR count). The highest BCUT2D eigenvalue weighted by Crippen LogP contribution is 2.30. The molecule has 2 nitrogen and oxygen atoms in total. The van der Waals surface area contributed by atoms with Crippen molar-refractivity contribution in [3.63, 3.8) is 0 Å². The smallest absolute Gasteiger partial charge is 0.117 e. The zero-order valence-electron chi connectivity index (χ0n) is 11.1. The number of rotatable bonds is 3. The van der Waals surface area contributed by atoms with Crippen LogP contribution < -0.4 is 5.32 Å². The Morgan fingerprint density at radius 1 is 1.05 bits per heavy atom. The summed E-state index contributed by atoms with van der Waals surface area (Å²) in [4.78, 5) is 0. The molecule has 0 bridgehead atoms. The van der Waals surface area contributed by atoms with E-state index in [1.165, 1.54) is 28.0 Å². The van der Waals surface area contributed by atoms with Gasteiger partial charge in [-0.2, -0.15) is 4.37 Å². The zero-order valence-corrected chi connectivity index (χ0v) is 11.9. The first kappa shape index (κ1) is 12.2. The van der Waals surface area contributed by atoms with E-state index < -0.39 is 0 Å². The zero-order chi connectivity index (χ0) is 13.2. The van der Waals surface area contributed by atoms with Crippen molar-refractivity contribution in [2.75, 3.05) is 5.32 Å². The van der Waals surface area contributed by atoms with Crippen LogP contribution in [0, 0.1) is 6.92 Å². The van der Waals surface area contributed by atoms with Crippen LogP contribution in [0.4, 0.5) is 5.00 Å². The molecule has 0 saturated heterocycles. The van der Waals surface area contributed by atoms with Gasteiger partial charge in [0.2, 0.25) is 0 Å². The molecule has 96 valence electrons. The maximum absolute atomic E-state index is 4.46. The van der Waals surface area contributed by atoms with E-state index in [9.17, 15) is 0 Å². The molecular weight excluding hydrogens is 252 g/mol. The second kappa shape index (κ2) is 5.02. The number of anilines is 1. The minimum absolute atomic E-state index is 0.282. The van der Waals surface area contributed by atoms with Gasteiger partial charge in [0.05, 0.1) is 5.52 Å². The summed E-state index contributed by atoms with van der Waals surface area (Å²) in [6, 6.07) is 17.2. The Kier molecular flexibility index (Phi) is 3.22. The number of hydrogen-bond donors (Lipinski definition) is 1. The molecule has 1 aromatic heterocycles. The monoisotopic (exact) mass is 268 g/mol. The van der Waals surface area contributed by atoms with Crippen LogP contribution in [0.5, 0.6) is 0 Å². The molecule has 0 aliphatic heterocycles. The van der Waals surface area contributed by atoms with Crippen molar-refractivity contribution in [1.82, 2.24) is 4.37 Å². The largest absolute Gasteiger partial charge is 0.369 e. The molecule has 0 amide bonds. The van der Waals surface area contributed by atoms with Gasteiger partial charge in [-0.05, 0) is 43.1 Å². The number of nitrogens with zero attached hydrogens (tertiary/aromatic N) is 1. The molecule has 3 aromatic rings. The summed E-state index contributed by atoms with van der Waals surface area (Å²) in [5.74, 6) is 0. The fourth-order valence-corrected chi connectivity index (χ4v) is 2.98. The lowest BCUT2D eigenvalue weighted by Crippen LogP contribution is -2.05. The lowest BCUT2D eigenvalue weighted by Gasteiger charge is -2.14.